The Kier molecular flexibility index (Phi) is 6.11. The van der Waals surface area contributed by atoms with Gasteiger partial charge in [-0.1, -0.05) is 64.8 Å². The summed E-state index contributed by atoms with van der Waals surface area (Å²) in [4.78, 5) is 0. The molecule has 2 nitrogen and oxygen atoms in total. The summed E-state index contributed by atoms with van der Waals surface area (Å²) in [6.07, 6.45) is 13.6. The molecular formula is C30H50O2. The Balaban J connectivity index is 1.63. The molecule has 0 radical (unpaired) electrons. The molecule has 182 valence electrons. The summed E-state index contributed by atoms with van der Waals surface area (Å²) in [5.74, 6) is 2.48. The van der Waals surface area contributed by atoms with Crippen LogP contribution in [0, 0.1) is 45.3 Å². The number of rotatable bonds is 4. The number of hydrogen-bond donors (Lipinski definition) is 2. The fraction of sp³-hybridized carbons (Fsp3) is 0.867. The van der Waals surface area contributed by atoms with E-state index in [1.54, 1.807) is 5.57 Å². The van der Waals surface area contributed by atoms with Gasteiger partial charge < -0.3 is 10.2 Å². The molecule has 9 atom stereocenters. The highest BCUT2D eigenvalue weighted by molar-refractivity contribution is 5.33. The van der Waals surface area contributed by atoms with Crippen LogP contribution >= 0.6 is 0 Å². The van der Waals surface area contributed by atoms with E-state index in [-0.39, 0.29) is 23.0 Å². The van der Waals surface area contributed by atoms with Crippen LogP contribution in [0.1, 0.15) is 107 Å². The average Bonchev–Trinajstić information content (AvgIpc) is 2.96. The molecule has 0 aromatic carbocycles. The molecule has 3 fully saturated rings. The van der Waals surface area contributed by atoms with Gasteiger partial charge in [0, 0.05) is 0 Å². The van der Waals surface area contributed by atoms with Crippen LogP contribution in [-0.2, 0) is 0 Å². The normalized spacial score (nSPS) is 46.9. The Morgan fingerprint density at radius 3 is 2.41 bits per heavy atom. The van der Waals surface area contributed by atoms with E-state index in [1.165, 1.54) is 37.7 Å². The van der Waals surface area contributed by atoms with Crippen molar-refractivity contribution < 1.29 is 10.2 Å². The highest BCUT2D eigenvalue weighted by atomic mass is 16.3. The third-order valence-electron chi connectivity index (χ3n) is 11.7. The van der Waals surface area contributed by atoms with Gasteiger partial charge in [-0.2, -0.15) is 0 Å². The van der Waals surface area contributed by atoms with Gasteiger partial charge in [-0.05, 0) is 111 Å². The second kappa shape index (κ2) is 7.98. The molecule has 0 saturated heterocycles. The van der Waals surface area contributed by atoms with E-state index in [4.69, 9.17) is 0 Å². The fourth-order valence-electron chi connectivity index (χ4n) is 9.65. The number of allylic oxidation sites excluding steroid dienone is 3. The quantitative estimate of drug-likeness (QED) is 0.448. The van der Waals surface area contributed by atoms with Gasteiger partial charge in [-0.3, -0.25) is 0 Å². The van der Waals surface area contributed by atoms with Gasteiger partial charge >= 0.3 is 0 Å². The van der Waals surface area contributed by atoms with Gasteiger partial charge in [-0.15, -0.1) is 0 Å². The second-order valence-corrected chi connectivity index (χ2v) is 13.8. The first-order valence-corrected chi connectivity index (χ1v) is 13.5. The Bertz CT molecular complexity index is 789. The van der Waals surface area contributed by atoms with Crippen LogP contribution in [0.25, 0.3) is 0 Å². The van der Waals surface area contributed by atoms with Crippen LogP contribution in [0.15, 0.2) is 23.3 Å². The molecule has 0 amide bonds. The molecular weight excluding hydrogens is 392 g/mol. The Hall–Kier alpha value is -0.600. The molecule has 0 bridgehead atoms. The lowest BCUT2D eigenvalue weighted by atomic mass is 9.41. The van der Waals surface area contributed by atoms with Crippen molar-refractivity contribution in [3.63, 3.8) is 0 Å². The fourth-order valence-corrected chi connectivity index (χ4v) is 9.65. The maximum atomic E-state index is 10.8. The number of aliphatic hydroxyl groups is 2. The van der Waals surface area contributed by atoms with Crippen molar-refractivity contribution in [2.24, 2.45) is 45.3 Å². The predicted octanol–water partition coefficient (Wildman–Crippen LogP) is 7.31. The lowest BCUT2D eigenvalue weighted by Crippen LogP contribution is -2.58. The van der Waals surface area contributed by atoms with E-state index in [0.29, 0.717) is 34.5 Å². The van der Waals surface area contributed by atoms with Crippen LogP contribution in [0.4, 0.5) is 0 Å². The van der Waals surface area contributed by atoms with Crippen LogP contribution in [0.3, 0.4) is 0 Å². The van der Waals surface area contributed by atoms with Gasteiger partial charge in [0.1, 0.15) is 0 Å². The van der Waals surface area contributed by atoms with E-state index in [2.05, 4.69) is 61.5 Å². The molecule has 3 saturated carbocycles. The zero-order valence-electron chi connectivity index (χ0n) is 22.2. The van der Waals surface area contributed by atoms with Gasteiger partial charge in [-0.25, -0.2) is 0 Å². The molecule has 4 aliphatic rings. The van der Waals surface area contributed by atoms with Crippen molar-refractivity contribution in [3.05, 3.63) is 23.3 Å². The first-order chi connectivity index (χ1) is 14.8. The van der Waals surface area contributed by atoms with Gasteiger partial charge in [0.25, 0.3) is 0 Å². The summed E-state index contributed by atoms with van der Waals surface area (Å²) in [6.45, 7) is 18.9. The van der Waals surface area contributed by atoms with E-state index >= 15 is 0 Å². The van der Waals surface area contributed by atoms with Crippen molar-refractivity contribution >= 4 is 0 Å². The topological polar surface area (TPSA) is 40.5 Å². The molecule has 2 heteroatoms. The Labute approximate surface area is 198 Å². The van der Waals surface area contributed by atoms with Crippen molar-refractivity contribution in [1.82, 2.24) is 0 Å². The summed E-state index contributed by atoms with van der Waals surface area (Å²) in [6, 6.07) is 0. The van der Waals surface area contributed by atoms with Crippen LogP contribution in [-0.4, -0.2) is 22.4 Å². The van der Waals surface area contributed by atoms with Crippen molar-refractivity contribution in [3.8, 4) is 0 Å². The zero-order valence-corrected chi connectivity index (χ0v) is 22.2. The third-order valence-corrected chi connectivity index (χ3v) is 11.7. The average molecular weight is 443 g/mol. The van der Waals surface area contributed by atoms with Crippen LogP contribution in [0.2, 0.25) is 0 Å². The smallest absolute Gasteiger partial charge is 0.0726 e. The maximum Gasteiger partial charge on any atom is 0.0726 e. The van der Waals surface area contributed by atoms with E-state index in [0.717, 1.165) is 19.3 Å². The summed E-state index contributed by atoms with van der Waals surface area (Å²) < 4.78 is 0. The monoisotopic (exact) mass is 442 g/mol. The molecule has 0 unspecified atom stereocenters. The highest BCUT2D eigenvalue weighted by Gasteiger charge is 2.65. The molecule has 4 rings (SSSR count). The first kappa shape index (κ1) is 24.5. The number of aliphatic hydroxyl groups excluding tert-OH is 2. The lowest BCUT2D eigenvalue weighted by molar-refractivity contribution is -0.131. The van der Waals surface area contributed by atoms with Crippen molar-refractivity contribution in [2.75, 3.05) is 0 Å². The summed E-state index contributed by atoms with van der Waals surface area (Å²) in [7, 11) is 0. The molecule has 0 heterocycles. The minimum absolute atomic E-state index is 0.00444. The Morgan fingerprint density at radius 2 is 1.75 bits per heavy atom. The molecule has 0 spiro atoms. The molecule has 32 heavy (non-hydrogen) atoms. The summed E-state index contributed by atoms with van der Waals surface area (Å²) in [5, 5.41) is 21.4. The number of fused-ring (bicyclic) bond motifs is 5. The molecule has 0 aromatic heterocycles. The summed E-state index contributed by atoms with van der Waals surface area (Å²) in [5.41, 5.74) is 3.92. The standard InChI is InChI=1S/C30H50O2/c1-19(2)17-21(31)18-20(3)22-11-15-30(8)24-9-10-25-27(4,5)26(32)13-14-28(25,6)23(24)12-16-29(22,30)7/h9,17,20-23,25-26,31-32H,10-16,18H2,1-8H3/t20-,21-,22-,23-,25-,26-,28+,29-,30+/m0/s1. The predicted molar refractivity (Wildman–Crippen MR) is 134 cm³/mol. The summed E-state index contributed by atoms with van der Waals surface area (Å²) >= 11 is 0. The largest absolute Gasteiger partial charge is 0.393 e. The van der Waals surface area contributed by atoms with E-state index < -0.39 is 0 Å². The van der Waals surface area contributed by atoms with Crippen LogP contribution in [0.5, 0.6) is 0 Å². The van der Waals surface area contributed by atoms with Crippen LogP contribution < -0.4 is 0 Å². The molecule has 0 aliphatic heterocycles. The van der Waals surface area contributed by atoms with Gasteiger partial charge in [0.15, 0.2) is 0 Å². The zero-order chi connectivity index (χ0) is 23.7. The van der Waals surface area contributed by atoms with Gasteiger partial charge in [0.2, 0.25) is 0 Å². The third kappa shape index (κ3) is 3.41. The minimum atomic E-state index is -0.314. The van der Waals surface area contributed by atoms with E-state index in [1.807, 2.05) is 6.08 Å². The second-order valence-electron chi connectivity index (χ2n) is 13.8. The molecule has 2 N–H and O–H groups in total. The minimum Gasteiger partial charge on any atom is -0.393 e. The lowest BCUT2D eigenvalue weighted by Gasteiger charge is -2.64. The first-order valence-electron chi connectivity index (χ1n) is 13.5. The SMILES string of the molecule is CC(C)=C[C@H](O)C[C@H](C)[C@@H]1CC[C@]2(C)C3=CC[C@H]4C(C)(C)[C@@H](O)CC[C@]4(C)[C@H]3CC[C@@]12C. The van der Waals surface area contributed by atoms with Crippen molar-refractivity contribution in [1.29, 1.82) is 0 Å². The Morgan fingerprint density at radius 1 is 1.06 bits per heavy atom. The number of hydrogen-bond acceptors (Lipinski definition) is 2. The highest BCUT2D eigenvalue weighted by Crippen LogP contribution is 2.73. The van der Waals surface area contributed by atoms with E-state index in [9.17, 15) is 10.2 Å². The maximum absolute atomic E-state index is 10.8. The molecule has 0 aromatic rings. The van der Waals surface area contributed by atoms with Crippen molar-refractivity contribution in [2.45, 2.75) is 119 Å². The van der Waals surface area contributed by atoms with Gasteiger partial charge in [0.05, 0.1) is 12.2 Å². The molecule has 4 aliphatic carbocycles.